The van der Waals surface area contributed by atoms with E-state index in [1.807, 2.05) is 6.07 Å². The Bertz CT molecular complexity index is 326. The highest BCUT2D eigenvalue weighted by atomic mass is 15.3. The zero-order valence-electron chi connectivity index (χ0n) is 9.19. The van der Waals surface area contributed by atoms with Crippen molar-refractivity contribution in [2.45, 2.75) is 26.3 Å². The maximum atomic E-state index is 5.56. The van der Waals surface area contributed by atoms with E-state index in [2.05, 4.69) is 21.8 Å². The molecular weight excluding hydrogens is 188 g/mol. The summed E-state index contributed by atoms with van der Waals surface area (Å²) in [5, 5.41) is 0. The van der Waals surface area contributed by atoms with Gasteiger partial charge in [-0.25, -0.2) is 9.97 Å². The lowest BCUT2D eigenvalue weighted by atomic mass is 10.1. The highest BCUT2D eigenvalue weighted by molar-refractivity contribution is 5.31. The first-order valence-corrected chi connectivity index (χ1v) is 5.60. The fraction of sp³-hybridized carbons (Fsp3) is 0.636. The largest absolute Gasteiger partial charge is 0.341 e. The Labute approximate surface area is 90.5 Å². The molecular formula is C11H18N4. The molecule has 4 nitrogen and oxygen atoms in total. The first-order valence-electron chi connectivity index (χ1n) is 5.60. The first kappa shape index (κ1) is 10.4. The molecule has 1 fully saturated rings. The SMILES string of the molecule is CCC1CCN(c2nccc(CN)n2)C1. The average molecular weight is 206 g/mol. The van der Waals surface area contributed by atoms with Crippen molar-refractivity contribution in [1.82, 2.24) is 9.97 Å². The molecule has 1 aliphatic heterocycles. The lowest BCUT2D eigenvalue weighted by molar-refractivity contribution is 0.568. The molecule has 0 amide bonds. The molecule has 0 saturated carbocycles. The molecule has 1 aromatic rings. The smallest absolute Gasteiger partial charge is 0.225 e. The second kappa shape index (κ2) is 4.57. The van der Waals surface area contributed by atoms with Gasteiger partial charge >= 0.3 is 0 Å². The van der Waals surface area contributed by atoms with Crippen molar-refractivity contribution >= 4 is 5.95 Å². The Hall–Kier alpha value is -1.16. The molecule has 0 bridgehead atoms. The van der Waals surface area contributed by atoms with Crippen LogP contribution in [0, 0.1) is 5.92 Å². The average Bonchev–Trinajstić information content (AvgIpc) is 2.78. The summed E-state index contributed by atoms with van der Waals surface area (Å²) in [7, 11) is 0. The second-order valence-electron chi connectivity index (χ2n) is 4.06. The summed E-state index contributed by atoms with van der Waals surface area (Å²) in [5.74, 6) is 1.64. The minimum atomic E-state index is 0.487. The van der Waals surface area contributed by atoms with Crippen molar-refractivity contribution in [3.8, 4) is 0 Å². The molecule has 1 aromatic heterocycles. The van der Waals surface area contributed by atoms with E-state index < -0.39 is 0 Å². The van der Waals surface area contributed by atoms with Gasteiger partial charge in [-0.1, -0.05) is 13.3 Å². The molecule has 0 aliphatic carbocycles. The van der Waals surface area contributed by atoms with Gasteiger partial charge in [-0.2, -0.15) is 0 Å². The maximum absolute atomic E-state index is 5.56. The van der Waals surface area contributed by atoms with Crippen molar-refractivity contribution < 1.29 is 0 Å². The molecule has 0 radical (unpaired) electrons. The third-order valence-corrected chi connectivity index (χ3v) is 3.06. The second-order valence-corrected chi connectivity index (χ2v) is 4.06. The highest BCUT2D eigenvalue weighted by Crippen LogP contribution is 2.22. The van der Waals surface area contributed by atoms with E-state index in [0.717, 1.165) is 30.6 Å². The highest BCUT2D eigenvalue weighted by Gasteiger charge is 2.22. The van der Waals surface area contributed by atoms with E-state index in [4.69, 9.17) is 5.73 Å². The van der Waals surface area contributed by atoms with Crippen molar-refractivity contribution in [2.75, 3.05) is 18.0 Å². The molecule has 0 spiro atoms. The Balaban J connectivity index is 2.09. The summed E-state index contributed by atoms with van der Waals surface area (Å²) in [6.07, 6.45) is 4.30. The predicted octanol–water partition coefficient (Wildman–Crippen LogP) is 1.17. The zero-order chi connectivity index (χ0) is 10.7. The van der Waals surface area contributed by atoms with Crippen LogP contribution in [0.5, 0.6) is 0 Å². The molecule has 1 aliphatic rings. The first-order chi connectivity index (χ1) is 7.33. The van der Waals surface area contributed by atoms with Gasteiger partial charge in [-0.05, 0) is 18.4 Å². The molecule has 1 saturated heterocycles. The molecule has 82 valence electrons. The van der Waals surface area contributed by atoms with Crippen molar-refractivity contribution in [3.63, 3.8) is 0 Å². The van der Waals surface area contributed by atoms with Gasteiger partial charge < -0.3 is 10.6 Å². The summed E-state index contributed by atoms with van der Waals surface area (Å²) in [5.41, 5.74) is 6.48. The van der Waals surface area contributed by atoms with Crippen LogP contribution in [0.1, 0.15) is 25.5 Å². The number of rotatable bonds is 3. The molecule has 2 heterocycles. The van der Waals surface area contributed by atoms with Crippen LogP contribution in [0.4, 0.5) is 5.95 Å². The van der Waals surface area contributed by atoms with Gasteiger partial charge in [0.1, 0.15) is 0 Å². The van der Waals surface area contributed by atoms with Crippen LogP contribution >= 0.6 is 0 Å². The molecule has 2 N–H and O–H groups in total. The van der Waals surface area contributed by atoms with Crippen molar-refractivity contribution in [3.05, 3.63) is 18.0 Å². The Kier molecular flexibility index (Phi) is 3.16. The van der Waals surface area contributed by atoms with Crippen LogP contribution in [-0.4, -0.2) is 23.1 Å². The van der Waals surface area contributed by atoms with Crippen LogP contribution in [0.3, 0.4) is 0 Å². The molecule has 1 unspecified atom stereocenters. The van der Waals surface area contributed by atoms with Gasteiger partial charge in [0.25, 0.3) is 0 Å². The van der Waals surface area contributed by atoms with Gasteiger partial charge in [0.05, 0.1) is 5.69 Å². The van der Waals surface area contributed by atoms with Gasteiger partial charge in [-0.3, -0.25) is 0 Å². The van der Waals surface area contributed by atoms with Crippen molar-refractivity contribution in [2.24, 2.45) is 11.7 Å². The van der Waals surface area contributed by atoms with Gasteiger partial charge in [0.2, 0.25) is 5.95 Å². The molecule has 1 atom stereocenters. The van der Waals surface area contributed by atoms with Gasteiger partial charge in [0.15, 0.2) is 0 Å². The van der Waals surface area contributed by atoms with Gasteiger partial charge in [-0.15, -0.1) is 0 Å². The monoisotopic (exact) mass is 206 g/mol. The summed E-state index contributed by atoms with van der Waals surface area (Å²) in [6.45, 7) is 4.89. The molecule has 0 aromatic carbocycles. The zero-order valence-corrected chi connectivity index (χ0v) is 9.19. The quantitative estimate of drug-likeness (QED) is 0.806. The van der Waals surface area contributed by atoms with E-state index in [0.29, 0.717) is 6.54 Å². The Morgan fingerprint density at radius 2 is 2.47 bits per heavy atom. The minimum absolute atomic E-state index is 0.487. The topological polar surface area (TPSA) is 55.0 Å². The third-order valence-electron chi connectivity index (χ3n) is 3.06. The fourth-order valence-electron chi connectivity index (χ4n) is 2.00. The molecule has 15 heavy (non-hydrogen) atoms. The lowest BCUT2D eigenvalue weighted by Crippen LogP contribution is -2.22. The summed E-state index contributed by atoms with van der Waals surface area (Å²) < 4.78 is 0. The van der Waals surface area contributed by atoms with E-state index in [1.165, 1.54) is 12.8 Å². The standard InChI is InChI=1S/C11H18N4/c1-2-9-4-6-15(8-9)11-13-5-3-10(7-12)14-11/h3,5,9H,2,4,6-8,12H2,1H3. The number of nitrogens with zero attached hydrogens (tertiary/aromatic N) is 3. The predicted molar refractivity (Wildman–Crippen MR) is 60.5 cm³/mol. The van der Waals surface area contributed by atoms with Crippen LogP contribution in [0.2, 0.25) is 0 Å². The summed E-state index contributed by atoms with van der Waals surface area (Å²) in [4.78, 5) is 11.0. The van der Waals surface area contributed by atoms with E-state index in [1.54, 1.807) is 6.20 Å². The third kappa shape index (κ3) is 2.26. The van der Waals surface area contributed by atoms with E-state index in [-0.39, 0.29) is 0 Å². The van der Waals surface area contributed by atoms with E-state index in [9.17, 15) is 0 Å². The molecule has 2 rings (SSSR count). The molecule has 4 heteroatoms. The van der Waals surface area contributed by atoms with Crippen LogP contribution in [0.15, 0.2) is 12.3 Å². The number of anilines is 1. The van der Waals surface area contributed by atoms with Crippen LogP contribution in [-0.2, 0) is 6.54 Å². The maximum Gasteiger partial charge on any atom is 0.225 e. The number of hydrogen-bond donors (Lipinski definition) is 1. The number of nitrogens with two attached hydrogens (primary N) is 1. The normalized spacial score (nSPS) is 20.9. The minimum Gasteiger partial charge on any atom is -0.341 e. The van der Waals surface area contributed by atoms with E-state index >= 15 is 0 Å². The number of hydrogen-bond acceptors (Lipinski definition) is 4. The van der Waals surface area contributed by atoms with Crippen LogP contribution in [0.25, 0.3) is 0 Å². The Morgan fingerprint density at radius 3 is 3.13 bits per heavy atom. The lowest BCUT2D eigenvalue weighted by Gasteiger charge is -2.16. The van der Waals surface area contributed by atoms with Gasteiger partial charge in [0, 0.05) is 25.8 Å². The summed E-state index contributed by atoms with van der Waals surface area (Å²) in [6, 6.07) is 1.87. The fourth-order valence-corrected chi connectivity index (χ4v) is 2.00. The van der Waals surface area contributed by atoms with Crippen LogP contribution < -0.4 is 10.6 Å². The number of aromatic nitrogens is 2. The van der Waals surface area contributed by atoms with Crippen molar-refractivity contribution in [1.29, 1.82) is 0 Å². The summed E-state index contributed by atoms with van der Waals surface area (Å²) >= 11 is 0. The Morgan fingerprint density at radius 1 is 1.60 bits per heavy atom.